The summed E-state index contributed by atoms with van der Waals surface area (Å²) in [6.45, 7) is 5.92. The fourth-order valence-electron chi connectivity index (χ4n) is 2.89. The second kappa shape index (κ2) is 10.5. The number of benzene rings is 2. The Bertz CT molecular complexity index is 959. The number of nitrogens with one attached hydrogen (secondary N) is 1. The van der Waals surface area contributed by atoms with Gasteiger partial charge < -0.3 is 14.6 Å². The number of halogens is 1. The molecule has 1 aromatic heterocycles. The number of likely N-dealkylation sites (N-methyl/N-ethyl adjacent to an activating group) is 1. The van der Waals surface area contributed by atoms with E-state index in [1.165, 1.54) is 12.1 Å². The number of amides is 1. The van der Waals surface area contributed by atoms with Gasteiger partial charge in [0, 0.05) is 6.54 Å². The number of rotatable bonds is 10. The highest BCUT2D eigenvalue weighted by molar-refractivity contribution is 5.78. The van der Waals surface area contributed by atoms with Crippen molar-refractivity contribution in [2.45, 2.75) is 26.9 Å². The fourth-order valence-corrected chi connectivity index (χ4v) is 2.89. The summed E-state index contributed by atoms with van der Waals surface area (Å²) < 4.78 is 24.0. The summed E-state index contributed by atoms with van der Waals surface area (Å²) in [6.07, 6.45) is 0. The Morgan fingerprint density at radius 2 is 1.93 bits per heavy atom. The van der Waals surface area contributed by atoms with Gasteiger partial charge in [0.15, 0.2) is 0 Å². The molecule has 158 valence electrons. The monoisotopic (exact) mass is 412 g/mol. The highest BCUT2D eigenvalue weighted by Gasteiger charge is 2.16. The lowest BCUT2D eigenvalue weighted by Crippen LogP contribution is -2.36. The third-order valence-electron chi connectivity index (χ3n) is 4.47. The Kier molecular flexibility index (Phi) is 7.51. The predicted octanol–water partition coefficient (Wildman–Crippen LogP) is 3.41. The maximum Gasteiger partial charge on any atom is 0.241 e. The molecule has 3 rings (SSSR count). The number of hydrogen-bond acceptors (Lipinski definition) is 6. The Morgan fingerprint density at radius 3 is 2.67 bits per heavy atom. The summed E-state index contributed by atoms with van der Waals surface area (Å²) in [6, 6.07) is 13.5. The van der Waals surface area contributed by atoms with Crippen LogP contribution >= 0.6 is 0 Å². The van der Waals surface area contributed by atoms with E-state index < -0.39 is 0 Å². The standard InChI is InChI=1S/C22H25FN4O3/c1-3-27(14-20(28)24-13-16-9-11-17(23)12-10-16)15-21-25-22(26-30-21)18-7-5-6-8-19(18)29-4-2/h5-12H,3-4,13-15H2,1-2H3,(H,24,28). The lowest BCUT2D eigenvalue weighted by molar-refractivity contribution is -0.122. The van der Waals surface area contributed by atoms with Crippen LogP contribution in [0.4, 0.5) is 4.39 Å². The molecule has 0 fully saturated rings. The highest BCUT2D eigenvalue weighted by atomic mass is 19.1. The van der Waals surface area contributed by atoms with Crippen LogP contribution in [0.25, 0.3) is 11.4 Å². The summed E-state index contributed by atoms with van der Waals surface area (Å²) in [5.41, 5.74) is 1.59. The van der Waals surface area contributed by atoms with Gasteiger partial charge in [0.05, 0.1) is 25.3 Å². The number of nitrogens with zero attached hydrogens (tertiary/aromatic N) is 3. The molecule has 30 heavy (non-hydrogen) atoms. The molecule has 0 aliphatic heterocycles. The SMILES string of the molecule is CCOc1ccccc1-c1noc(CN(CC)CC(=O)NCc2ccc(F)cc2)n1. The maximum absolute atomic E-state index is 13.0. The molecule has 1 N–H and O–H groups in total. The molecule has 8 heteroatoms. The van der Waals surface area contributed by atoms with Gasteiger partial charge in [-0.1, -0.05) is 36.3 Å². The van der Waals surface area contributed by atoms with Crippen molar-refractivity contribution in [2.24, 2.45) is 0 Å². The van der Waals surface area contributed by atoms with E-state index in [0.29, 0.717) is 43.7 Å². The van der Waals surface area contributed by atoms with Gasteiger partial charge in [-0.2, -0.15) is 4.98 Å². The Morgan fingerprint density at radius 1 is 1.17 bits per heavy atom. The van der Waals surface area contributed by atoms with Gasteiger partial charge in [-0.15, -0.1) is 0 Å². The normalized spacial score (nSPS) is 10.9. The highest BCUT2D eigenvalue weighted by Crippen LogP contribution is 2.27. The Labute approximate surface area is 174 Å². The summed E-state index contributed by atoms with van der Waals surface area (Å²) in [5.74, 6) is 1.13. The van der Waals surface area contributed by atoms with E-state index in [4.69, 9.17) is 9.26 Å². The maximum atomic E-state index is 13.0. The van der Waals surface area contributed by atoms with E-state index in [-0.39, 0.29) is 18.3 Å². The van der Waals surface area contributed by atoms with Crippen molar-refractivity contribution in [3.63, 3.8) is 0 Å². The van der Waals surface area contributed by atoms with Crippen LogP contribution in [-0.2, 0) is 17.9 Å². The molecule has 0 saturated heterocycles. The average molecular weight is 412 g/mol. The van der Waals surface area contributed by atoms with Crippen LogP contribution in [0.5, 0.6) is 5.75 Å². The number of carbonyl (C=O) groups is 1. The van der Waals surface area contributed by atoms with Crippen molar-refractivity contribution >= 4 is 5.91 Å². The van der Waals surface area contributed by atoms with Crippen LogP contribution in [0, 0.1) is 5.82 Å². The van der Waals surface area contributed by atoms with Gasteiger partial charge >= 0.3 is 0 Å². The van der Waals surface area contributed by atoms with Gasteiger partial charge in [0.25, 0.3) is 0 Å². The lowest BCUT2D eigenvalue weighted by Gasteiger charge is -2.17. The molecular weight excluding hydrogens is 387 g/mol. The second-order valence-electron chi connectivity index (χ2n) is 6.65. The summed E-state index contributed by atoms with van der Waals surface area (Å²) in [4.78, 5) is 18.6. The molecule has 1 heterocycles. The molecule has 0 atom stereocenters. The zero-order valence-electron chi connectivity index (χ0n) is 17.1. The van der Waals surface area contributed by atoms with Crippen LogP contribution in [-0.4, -0.2) is 40.6 Å². The molecule has 3 aromatic rings. The van der Waals surface area contributed by atoms with Crippen molar-refractivity contribution < 1.29 is 18.4 Å². The quantitative estimate of drug-likeness (QED) is 0.550. The van der Waals surface area contributed by atoms with E-state index in [1.54, 1.807) is 12.1 Å². The van der Waals surface area contributed by atoms with E-state index in [9.17, 15) is 9.18 Å². The zero-order chi connectivity index (χ0) is 21.3. The summed E-state index contributed by atoms with van der Waals surface area (Å²) >= 11 is 0. The van der Waals surface area contributed by atoms with Crippen LogP contribution in [0.2, 0.25) is 0 Å². The number of aromatic nitrogens is 2. The van der Waals surface area contributed by atoms with Gasteiger partial charge in [0.2, 0.25) is 17.6 Å². The predicted molar refractivity (Wildman–Crippen MR) is 110 cm³/mol. The van der Waals surface area contributed by atoms with E-state index in [1.807, 2.05) is 43.0 Å². The molecule has 0 unspecified atom stereocenters. The molecule has 0 saturated carbocycles. The van der Waals surface area contributed by atoms with E-state index >= 15 is 0 Å². The van der Waals surface area contributed by atoms with Crippen molar-refractivity contribution in [2.75, 3.05) is 19.7 Å². The smallest absolute Gasteiger partial charge is 0.241 e. The minimum atomic E-state index is -0.301. The third kappa shape index (κ3) is 5.87. The number of ether oxygens (including phenoxy) is 1. The van der Waals surface area contributed by atoms with Gasteiger partial charge in [-0.3, -0.25) is 9.69 Å². The molecule has 0 spiro atoms. The second-order valence-corrected chi connectivity index (χ2v) is 6.65. The summed E-state index contributed by atoms with van der Waals surface area (Å²) in [5, 5.41) is 6.89. The first-order valence-electron chi connectivity index (χ1n) is 9.87. The van der Waals surface area contributed by atoms with Crippen LogP contribution in [0.1, 0.15) is 25.3 Å². The first-order chi connectivity index (χ1) is 14.6. The molecule has 2 aromatic carbocycles. The number of hydrogen-bond donors (Lipinski definition) is 1. The van der Waals surface area contributed by atoms with Crippen LogP contribution in [0.3, 0.4) is 0 Å². The molecule has 0 aliphatic rings. The third-order valence-corrected chi connectivity index (χ3v) is 4.47. The number of carbonyl (C=O) groups excluding carboxylic acids is 1. The molecule has 0 aliphatic carbocycles. The minimum absolute atomic E-state index is 0.136. The molecular formula is C22H25FN4O3. The first kappa shape index (κ1) is 21.4. The molecule has 0 radical (unpaired) electrons. The van der Waals surface area contributed by atoms with Gasteiger partial charge in [0.1, 0.15) is 11.6 Å². The largest absolute Gasteiger partial charge is 0.493 e. The van der Waals surface area contributed by atoms with Crippen molar-refractivity contribution in [1.82, 2.24) is 20.4 Å². The Hall–Kier alpha value is -3.26. The van der Waals surface area contributed by atoms with Crippen molar-refractivity contribution in [3.8, 4) is 17.1 Å². The van der Waals surface area contributed by atoms with E-state index in [0.717, 1.165) is 11.1 Å². The molecule has 7 nitrogen and oxygen atoms in total. The average Bonchev–Trinajstić information content (AvgIpc) is 3.22. The van der Waals surface area contributed by atoms with Gasteiger partial charge in [-0.25, -0.2) is 4.39 Å². The lowest BCUT2D eigenvalue weighted by atomic mass is 10.2. The Balaban J connectivity index is 1.57. The topological polar surface area (TPSA) is 80.5 Å². The fraction of sp³-hybridized carbons (Fsp3) is 0.318. The zero-order valence-corrected chi connectivity index (χ0v) is 17.1. The summed E-state index contributed by atoms with van der Waals surface area (Å²) in [7, 11) is 0. The first-order valence-corrected chi connectivity index (χ1v) is 9.87. The van der Waals surface area contributed by atoms with Crippen molar-refractivity contribution in [3.05, 3.63) is 65.8 Å². The van der Waals surface area contributed by atoms with Crippen LogP contribution in [0.15, 0.2) is 53.1 Å². The number of para-hydroxylation sites is 1. The van der Waals surface area contributed by atoms with Crippen molar-refractivity contribution in [1.29, 1.82) is 0 Å². The molecule has 0 bridgehead atoms. The molecule has 1 amide bonds. The minimum Gasteiger partial charge on any atom is -0.493 e. The van der Waals surface area contributed by atoms with Crippen LogP contribution < -0.4 is 10.1 Å². The van der Waals surface area contributed by atoms with Gasteiger partial charge in [-0.05, 0) is 43.3 Å². The van der Waals surface area contributed by atoms with E-state index in [2.05, 4.69) is 15.5 Å².